The number of thiazole rings is 1. The van der Waals surface area contributed by atoms with E-state index in [1.165, 1.54) is 0 Å². The minimum absolute atomic E-state index is 0. The summed E-state index contributed by atoms with van der Waals surface area (Å²) in [5.41, 5.74) is 0.521. The Kier molecular flexibility index (Phi) is 12.7. The van der Waals surface area contributed by atoms with Gasteiger partial charge in [0.15, 0.2) is 5.96 Å². The number of halogens is 1. The molecule has 0 saturated carbocycles. The molecule has 0 aliphatic carbocycles. The van der Waals surface area contributed by atoms with Crippen LogP contribution in [0.2, 0.25) is 0 Å². The molecule has 9 heteroatoms. The van der Waals surface area contributed by atoms with Crippen molar-refractivity contribution in [1.82, 2.24) is 20.5 Å². The highest BCUT2D eigenvalue weighted by molar-refractivity contribution is 14.0. The van der Waals surface area contributed by atoms with Crippen LogP contribution < -0.4 is 10.6 Å². The van der Waals surface area contributed by atoms with Crippen molar-refractivity contribution in [3.05, 3.63) is 16.1 Å². The molecular weight excluding hydrogens is 489 g/mol. The molecule has 0 bridgehead atoms. The molecular formula is C19H36IN5O2S. The fourth-order valence-electron chi connectivity index (χ4n) is 2.50. The van der Waals surface area contributed by atoms with E-state index in [4.69, 9.17) is 9.73 Å². The number of nitrogens with one attached hydrogen (secondary N) is 2. The second kappa shape index (κ2) is 13.2. The predicted octanol–water partition coefficient (Wildman–Crippen LogP) is 4.16. The molecule has 7 nitrogen and oxygen atoms in total. The van der Waals surface area contributed by atoms with Gasteiger partial charge in [0.1, 0.15) is 5.60 Å². The van der Waals surface area contributed by atoms with Gasteiger partial charge >= 0.3 is 6.09 Å². The van der Waals surface area contributed by atoms with Gasteiger partial charge in [0.2, 0.25) is 0 Å². The van der Waals surface area contributed by atoms with Gasteiger partial charge in [-0.05, 0) is 41.0 Å². The first-order valence-corrected chi connectivity index (χ1v) is 10.4. The van der Waals surface area contributed by atoms with Crippen LogP contribution in [-0.2, 0) is 11.3 Å². The molecule has 1 amide bonds. The molecule has 0 spiro atoms. The van der Waals surface area contributed by atoms with Crippen molar-refractivity contribution < 1.29 is 9.53 Å². The Morgan fingerprint density at radius 3 is 2.57 bits per heavy atom. The molecule has 1 aromatic heterocycles. The first-order chi connectivity index (χ1) is 12.6. The lowest BCUT2D eigenvalue weighted by Crippen LogP contribution is -2.43. The number of amides is 1. The molecule has 1 aromatic rings. The van der Waals surface area contributed by atoms with E-state index in [0.717, 1.165) is 36.0 Å². The standard InChI is InChI=1S/C19H35N5O2S.HI/c1-8-10-15(23-18(25)26-19(4,5)6)11-21-17(20-9-2)24(7)12-16-13-27-14(3)22-16;/h13,15H,8-12H2,1-7H3,(H,20,21)(H,23,25);1H. The van der Waals surface area contributed by atoms with E-state index in [2.05, 4.69) is 32.8 Å². The molecule has 28 heavy (non-hydrogen) atoms. The largest absolute Gasteiger partial charge is 0.444 e. The normalized spacial score (nSPS) is 12.8. The molecule has 0 fully saturated rings. The molecule has 162 valence electrons. The van der Waals surface area contributed by atoms with Crippen LogP contribution >= 0.6 is 35.3 Å². The zero-order valence-electron chi connectivity index (χ0n) is 18.2. The SMILES string of the molecule is CCCC(CN=C(NCC)N(C)Cc1csc(C)n1)NC(=O)OC(C)(C)C.I. The molecule has 1 unspecified atom stereocenters. The number of ether oxygens (including phenoxy) is 1. The number of aromatic nitrogens is 1. The molecule has 0 aliphatic rings. The Morgan fingerprint density at radius 2 is 2.07 bits per heavy atom. The highest BCUT2D eigenvalue weighted by Gasteiger charge is 2.19. The summed E-state index contributed by atoms with van der Waals surface area (Å²) in [6, 6.07) is -0.0616. The lowest BCUT2D eigenvalue weighted by atomic mass is 10.1. The average molecular weight is 526 g/mol. The molecule has 2 N–H and O–H groups in total. The lowest BCUT2D eigenvalue weighted by molar-refractivity contribution is 0.0503. The highest BCUT2D eigenvalue weighted by Crippen LogP contribution is 2.10. The summed E-state index contributed by atoms with van der Waals surface area (Å²) in [7, 11) is 1.99. The van der Waals surface area contributed by atoms with Crippen molar-refractivity contribution in [3.63, 3.8) is 0 Å². The number of carbonyl (C=O) groups excluding carboxylic acids is 1. The number of rotatable bonds is 8. The summed E-state index contributed by atoms with van der Waals surface area (Å²) in [6.07, 6.45) is 1.41. The van der Waals surface area contributed by atoms with Gasteiger partial charge < -0.3 is 20.3 Å². The third kappa shape index (κ3) is 11.0. The monoisotopic (exact) mass is 525 g/mol. The van der Waals surface area contributed by atoms with Gasteiger partial charge in [0, 0.05) is 19.0 Å². The van der Waals surface area contributed by atoms with E-state index < -0.39 is 11.7 Å². The van der Waals surface area contributed by atoms with Crippen LogP contribution in [-0.4, -0.2) is 53.7 Å². The van der Waals surface area contributed by atoms with E-state index in [0.29, 0.717) is 13.1 Å². The second-order valence-corrected chi connectivity index (χ2v) is 8.60. The molecule has 0 aliphatic heterocycles. The molecule has 1 heterocycles. The summed E-state index contributed by atoms with van der Waals surface area (Å²) < 4.78 is 5.37. The fourth-order valence-corrected chi connectivity index (χ4v) is 3.10. The van der Waals surface area contributed by atoms with Crippen molar-refractivity contribution in [2.45, 2.75) is 72.6 Å². The molecule has 0 saturated heterocycles. The topological polar surface area (TPSA) is 78.9 Å². The Morgan fingerprint density at radius 1 is 1.39 bits per heavy atom. The predicted molar refractivity (Wildman–Crippen MR) is 128 cm³/mol. The van der Waals surface area contributed by atoms with Crippen LogP contribution in [0, 0.1) is 6.92 Å². The number of hydrogen-bond donors (Lipinski definition) is 2. The summed E-state index contributed by atoms with van der Waals surface area (Å²) in [5, 5.41) is 9.37. The zero-order chi connectivity index (χ0) is 20.4. The number of nitrogens with zero attached hydrogens (tertiary/aromatic N) is 3. The number of carbonyl (C=O) groups is 1. The number of aliphatic imine (C=N–C) groups is 1. The quantitative estimate of drug-likeness (QED) is 0.303. The minimum Gasteiger partial charge on any atom is -0.444 e. The smallest absolute Gasteiger partial charge is 0.407 e. The Hall–Kier alpha value is -1.10. The first kappa shape index (κ1) is 26.9. The third-order valence-corrected chi connectivity index (χ3v) is 4.40. The van der Waals surface area contributed by atoms with Crippen LogP contribution in [0.25, 0.3) is 0 Å². The maximum atomic E-state index is 12.1. The minimum atomic E-state index is -0.509. The van der Waals surface area contributed by atoms with Gasteiger partial charge in [-0.15, -0.1) is 35.3 Å². The van der Waals surface area contributed by atoms with E-state index in [1.54, 1.807) is 11.3 Å². The Balaban J connectivity index is 0.00000729. The first-order valence-electron chi connectivity index (χ1n) is 9.54. The second-order valence-electron chi connectivity index (χ2n) is 7.54. The molecule has 0 radical (unpaired) electrons. The van der Waals surface area contributed by atoms with Crippen LogP contribution in [0.1, 0.15) is 58.2 Å². The fraction of sp³-hybridized carbons (Fsp3) is 0.737. The van der Waals surface area contributed by atoms with E-state index >= 15 is 0 Å². The molecule has 1 rings (SSSR count). The summed E-state index contributed by atoms with van der Waals surface area (Å²) in [4.78, 5) is 23.4. The van der Waals surface area contributed by atoms with Gasteiger partial charge in [-0.1, -0.05) is 13.3 Å². The van der Waals surface area contributed by atoms with E-state index in [1.807, 2.05) is 41.7 Å². The summed E-state index contributed by atoms with van der Waals surface area (Å²) >= 11 is 1.65. The summed E-state index contributed by atoms with van der Waals surface area (Å²) in [5.74, 6) is 0.801. The van der Waals surface area contributed by atoms with Crippen molar-refractivity contribution in [3.8, 4) is 0 Å². The highest BCUT2D eigenvalue weighted by atomic mass is 127. The third-order valence-electron chi connectivity index (χ3n) is 3.58. The van der Waals surface area contributed by atoms with Crippen molar-refractivity contribution in [1.29, 1.82) is 0 Å². The molecule has 0 aromatic carbocycles. The maximum Gasteiger partial charge on any atom is 0.407 e. The molecule has 1 atom stereocenters. The number of alkyl carbamates (subject to hydrolysis) is 1. The number of aryl methyl sites for hydroxylation is 1. The van der Waals surface area contributed by atoms with Crippen LogP contribution in [0.3, 0.4) is 0 Å². The van der Waals surface area contributed by atoms with Gasteiger partial charge in [-0.2, -0.15) is 0 Å². The van der Waals surface area contributed by atoms with Gasteiger partial charge in [0.25, 0.3) is 0 Å². The summed E-state index contributed by atoms with van der Waals surface area (Å²) in [6.45, 7) is 13.7. The van der Waals surface area contributed by atoms with Crippen LogP contribution in [0.5, 0.6) is 0 Å². The number of guanidine groups is 1. The zero-order valence-corrected chi connectivity index (χ0v) is 21.3. The van der Waals surface area contributed by atoms with Crippen molar-refractivity contribution in [2.75, 3.05) is 20.1 Å². The number of hydrogen-bond acceptors (Lipinski definition) is 5. The van der Waals surface area contributed by atoms with Crippen LogP contribution in [0.15, 0.2) is 10.4 Å². The Bertz CT molecular complexity index is 616. The average Bonchev–Trinajstić information content (AvgIpc) is 2.94. The van der Waals surface area contributed by atoms with Crippen molar-refractivity contribution in [2.24, 2.45) is 4.99 Å². The van der Waals surface area contributed by atoms with E-state index in [9.17, 15) is 4.79 Å². The van der Waals surface area contributed by atoms with Gasteiger partial charge in [0.05, 0.1) is 29.8 Å². The van der Waals surface area contributed by atoms with Crippen LogP contribution in [0.4, 0.5) is 4.79 Å². The van der Waals surface area contributed by atoms with Crippen molar-refractivity contribution >= 4 is 47.4 Å². The van der Waals surface area contributed by atoms with Gasteiger partial charge in [-0.25, -0.2) is 9.78 Å². The Labute approximate surface area is 190 Å². The maximum absolute atomic E-state index is 12.1. The lowest BCUT2D eigenvalue weighted by Gasteiger charge is -2.24. The van der Waals surface area contributed by atoms with E-state index in [-0.39, 0.29) is 30.0 Å². The van der Waals surface area contributed by atoms with Gasteiger partial charge in [-0.3, -0.25) is 4.99 Å².